The predicted octanol–water partition coefficient (Wildman–Crippen LogP) is 1.80. The minimum absolute atomic E-state index is 0.230. The van der Waals surface area contributed by atoms with Crippen LogP contribution in [0.3, 0.4) is 0 Å². The Balaban J connectivity index is 1.81. The van der Waals surface area contributed by atoms with Crippen LogP contribution in [0, 0.1) is 11.8 Å². The summed E-state index contributed by atoms with van der Waals surface area (Å²) in [5.74, 6) is 1.02. The molecule has 0 aromatic carbocycles. The molecule has 2 rings (SSSR count). The standard InChI is InChI=1S/C13H23NO2/c1-14(12-3-2-4-12)13(16)11-7-5-10(9-15)6-8-11/h10-12,15H,2-9H2,1H3. The topological polar surface area (TPSA) is 40.5 Å². The van der Waals surface area contributed by atoms with Crippen LogP contribution in [0.2, 0.25) is 0 Å². The first-order valence-electron chi connectivity index (χ1n) is 6.60. The molecule has 0 heterocycles. The molecule has 16 heavy (non-hydrogen) atoms. The lowest BCUT2D eigenvalue weighted by molar-refractivity contribution is -0.139. The van der Waals surface area contributed by atoms with Crippen molar-refractivity contribution in [2.45, 2.75) is 51.0 Å². The van der Waals surface area contributed by atoms with Crippen LogP contribution >= 0.6 is 0 Å². The van der Waals surface area contributed by atoms with Gasteiger partial charge in [0.15, 0.2) is 0 Å². The van der Waals surface area contributed by atoms with Crippen LogP contribution in [0.15, 0.2) is 0 Å². The second kappa shape index (κ2) is 5.17. The predicted molar refractivity (Wildman–Crippen MR) is 62.9 cm³/mol. The van der Waals surface area contributed by atoms with Crippen LogP contribution in [0.5, 0.6) is 0 Å². The molecule has 0 saturated heterocycles. The summed E-state index contributed by atoms with van der Waals surface area (Å²) in [6.07, 6.45) is 7.64. The molecule has 0 bridgehead atoms. The lowest BCUT2D eigenvalue weighted by Gasteiger charge is -2.38. The van der Waals surface area contributed by atoms with Crippen molar-refractivity contribution in [1.82, 2.24) is 4.90 Å². The smallest absolute Gasteiger partial charge is 0.225 e. The minimum atomic E-state index is 0.230. The largest absolute Gasteiger partial charge is 0.396 e. The van der Waals surface area contributed by atoms with Crippen molar-refractivity contribution in [2.75, 3.05) is 13.7 Å². The molecule has 2 aliphatic carbocycles. The van der Waals surface area contributed by atoms with Gasteiger partial charge in [0.2, 0.25) is 5.91 Å². The summed E-state index contributed by atoms with van der Waals surface area (Å²) < 4.78 is 0. The number of rotatable bonds is 3. The van der Waals surface area contributed by atoms with E-state index in [2.05, 4.69) is 0 Å². The van der Waals surface area contributed by atoms with E-state index in [0.717, 1.165) is 25.7 Å². The van der Waals surface area contributed by atoms with Crippen molar-refractivity contribution < 1.29 is 9.90 Å². The summed E-state index contributed by atoms with van der Waals surface area (Å²) in [6, 6.07) is 0.517. The molecule has 92 valence electrons. The van der Waals surface area contributed by atoms with Crippen LogP contribution in [0.1, 0.15) is 44.9 Å². The third-order valence-electron chi connectivity index (χ3n) is 4.42. The maximum Gasteiger partial charge on any atom is 0.225 e. The first-order valence-corrected chi connectivity index (χ1v) is 6.60. The van der Waals surface area contributed by atoms with E-state index in [1.165, 1.54) is 19.3 Å². The fourth-order valence-corrected chi connectivity index (χ4v) is 2.83. The van der Waals surface area contributed by atoms with Gasteiger partial charge in [0, 0.05) is 25.6 Å². The molecule has 2 saturated carbocycles. The van der Waals surface area contributed by atoms with Gasteiger partial charge in [-0.3, -0.25) is 4.79 Å². The summed E-state index contributed by atoms with van der Waals surface area (Å²) >= 11 is 0. The summed E-state index contributed by atoms with van der Waals surface area (Å²) in [5.41, 5.74) is 0. The highest BCUT2D eigenvalue weighted by Gasteiger charge is 2.32. The lowest BCUT2D eigenvalue weighted by atomic mass is 9.81. The van der Waals surface area contributed by atoms with Gasteiger partial charge in [0.25, 0.3) is 0 Å². The Morgan fingerprint density at radius 2 is 1.81 bits per heavy atom. The first-order chi connectivity index (χ1) is 7.72. The first kappa shape index (κ1) is 11.9. The molecule has 1 N–H and O–H groups in total. The SMILES string of the molecule is CN(C(=O)C1CCC(CO)CC1)C1CCC1. The molecule has 0 atom stereocenters. The molecule has 3 nitrogen and oxygen atoms in total. The van der Waals surface area contributed by atoms with E-state index in [-0.39, 0.29) is 5.92 Å². The molecule has 3 heteroatoms. The van der Waals surface area contributed by atoms with Gasteiger partial charge >= 0.3 is 0 Å². The maximum absolute atomic E-state index is 12.2. The number of hydrogen-bond acceptors (Lipinski definition) is 2. The Hall–Kier alpha value is -0.570. The van der Waals surface area contributed by atoms with Gasteiger partial charge < -0.3 is 10.0 Å². The van der Waals surface area contributed by atoms with Crippen LogP contribution in [-0.4, -0.2) is 35.6 Å². The molecule has 0 aromatic rings. The molecular formula is C13H23NO2. The average Bonchev–Trinajstić information content (AvgIpc) is 2.26. The highest BCUT2D eigenvalue weighted by Crippen LogP contribution is 2.32. The van der Waals surface area contributed by atoms with Crippen LogP contribution in [0.25, 0.3) is 0 Å². The molecule has 0 aliphatic heterocycles. The average molecular weight is 225 g/mol. The van der Waals surface area contributed by atoms with E-state index in [4.69, 9.17) is 5.11 Å². The van der Waals surface area contributed by atoms with E-state index < -0.39 is 0 Å². The van der Waals surface area contributed by atoms with Gasteiger partial charge in [-0.25, -0.2) is 0 Å². The number of aliphatic hydroxyl groups is 1. The monoisotopic (exact) mass is 225 g/mol. The van der Waals surface area contributed by atoms with Crippen molar-refractivity contribution in [1.29, 1.82) is 0 Å². The van der Waals surface area contributed by atoms with Crippen molar-refractivity contribution >= 4 is 5.91 Å². The molecule has 1 amide bonds. The van der Waals surface area contributed by atoms with Crippen molar-refractivity contribution in [3.8, 4) is 0 Å². The Morgan fingerprint density at radius 3 is 2.25 bits per heavy atom. The number of carbonyl (C=O) groups excluding carboxylic acids is 1. The van der Waals surface area contributed by atoms with Crippen molar-refractivity contribution in [2.24, 2.45) is 11.8 Å². The number of aliphatic hydroxyl groups excluding tert-OH is 1. The molecule has 0 unspecified atom stereocenters. The van der Waals surface area contributed by atoms with E-state index in [1.807, 2.05) is 11.9 Å². The lowest BCUT2D eigenvalue weighted by Crippen LogP contribution is -2.44. The highest BCUT2D eigenvalue weighted by molar-refractivity contribution is 5.79. The van der Waals surface area contributed by atoms with Crippen LogP contribution < -0.4 is 0 Å². The van der Waals surface area contributed by atoms with Crippen molar-refractivity contribution in [3.05, 3.63) is 0 Å². The quantitative estimate of drug-likeness (QED) is 0.795. The summed E-state index contributed by atoms with van der Waals surface area (Å²) in [5, 5.41) is 9.07. The second-order valence-corrected chi connectivity index (χ2v) is 5.43. The summed E-state index contributed by atoms with van der Waals surface area (Å²) in [6.45, 7) is 0.291. The van der Waals surface area contributed by atoms with Crippen LogP contribution in [-0.2, 0) is 4.79 Å². The van der Waals surface area contributed by atoms with E-state index in [1.54, 1.807) is 0 Å². The van der Waals surface area contributed by atoms with Crippen molar-refractivity contribution in [3.63, 3.8) is 0 Å². The summed E-state index contributed by atoms with van der Waals surface area (Å²) in [4.78, 5) is 14.2. The third-order valence-corrected chi connectivity index (χ3v) is 4.42. The number of nitrogens with zero attached hydrogens (tertiary/aromatic N) is 1. The fraction of sp³-hybridized carbons (Fsp3) is 0.923. The normalized spacial score (nSPS) is 30.9. The minimum Gasteiger partial charge on any atom is -0.396 e. The van der Waals surface area contributed by atoms with Gasteiger partial charge in [-0.2, -0.15) is 0 Å². The summed E-state index contributed by atoms with van der Waals surface area (Å²) in [7, 11) is 1.96. The number of amides is 1. The Labute approximate surface area is 97.8 Å². The zero-order valence-electron chi connectivity index (χ0n) is 10.2. The fourth-order valence-electron chi connectivity index (χ4n) is 2.83. The van der Waals surface area contributed by atoms with Gasteiger partial charge in [-0.1, -0.05) is 0 Å². The zero-order chi connectivity index (χ0) is 11.5. The molecule has 0 radical (unpaired) electrons. The van der Waals surface area contributed by atoms with E-state index >= 15 is 0 Å². The van der Waals surface area contributed by atoms with Gasteiger partial charge in [-0.05, 0) is 50.9 Å². The molecule has 2 aliphatic rings. The zero-order valence-corrected chi connectivity index (χ0v) is 10.2. The number of carbonyl (C=O) groups is 1. The molecule has 0 aromatic heterocycles. The highest BCUT2D eigenvalue weighted by atomic mass is 16.3. The van der Waals surface area contributed by atoms with Gasteiger partial charge in [-0.15, -0.1) is 0 Å². The van der Waals surface area contributed by atoms with E-state index in [0.29, 0.717) is 24.5 Å². The maximum atomic E-state index is 12.2. The van der Waals surface area contributed by atoms with E-state index in [9.17, 15) is 4.79 Å². The third kappa shape index (κ3) is 2.40. The molecular weight excluding hydrogens is 202 g/mol. The Morgan fingerprint density at radius 1 is 1.19 bits per heavy atom. The Bertz CT molecular complexity index is 242. The van der Waals surface area contributed by atoms with Gasteiger partial charge in [0.05, 0.1) is 0 Å². The Kier molecular flexibility index (Phi) is 3.85. The van der Waals surface area contributed by atoms with Gasteiger partial charge in [0.1, 0.15) is 0 Å². The molecule has 2 fully saturated rings. The molecule has 0 spiro atoms. The second-order valence-electron chi connectivity index (χ2n) is 5.43. The van der Waals surface area contributed by atoms with Crippen LogP contribution in [0.4, 0.5) is 0 Å². The number of hydrogen-bond donors (Lipinski definition) is 1.